The minimum absolute atomic E-state index is 0.409. The lowest BCUT2D eigenvalue weighted by Crippen LogP contribution is -2.46. The second-order valence-corrected chi connectivity index (χ2v) is 7.55. The molecular formula is C22H39N5. The van der Waals surface area contributed by atoms with Gasteiger partial charge in [-0.2, -0.15) is 0 Å². The lowest BCUT2D eigenvalue weighted by Gasteiger charge is -2.34. The molecule has 1 aromatic carbocycles. The first-order valence-corrected chi connectivity index (χ1v) is 10.7. The third kappa shape index (κ3) is 8.76. The van der Waals surface area contributed by atoms with Gasteiger partial charge in [0.1, 0.15) is 0 Å². The summed E-state index contributed by atoms with van der Waals surface area (Å²) in [6.07, 6.45) is 4.64. The van der Waals surface area contributed by atoms with Gasteiger partial charge in [0.25, 0.3) is 0 Å². The van der Waals surface area contributed by atoms with Crippen LogP contribution in [0.5, 0.6) is 0 Å². The average Bonchev–Trinajstić information content (AvgIpc) is 2.72. The molecule has 1 aromatic rings. The number of aryl methyl sites for hydroxylation is 1. The Labute approximate surface area is 166 Å². The van der Waals surface area contributed by atoms with Crippen molar-refractivity contribution in [3.05, 3.63) is 35.9 Å². The van der Waals surface area contributed by atoms with E-state index in [0.29, 0.717) is 6.04 Å². The van der Waals surface area contributed by atoms with E-state index >= 15 is 0 Å². The van der Waals surface area contributed by atoms with Crippen molar-refractivity contribution in [2.24, 2.45) is 4.99 Å². The van der Waals surface area contributed by atoms with E-state index in [2.05, 4.69) is 69.6 Å². The van der Waals surface area contributed by atoms with Crippen LogP contribution in [-0.4, -0.2) is 74.7 Å². The minimum atomic E-state index is 0.409. The van der Waals surface area contributed by atoms with Crippen molar-refractivity contribution in [2.45, 2.75) is 45.6 Å². The molecule has 2 rings (SSSR count). The zero-order chi connectivity index (χ0) is 19.3. The first-order chi connectivity index (χ1) is 13.2. The lowest BCUT2D eigenvalue weighted by molar-refractivity contribution is 0.136. The molecule has 1 aliphatic heterocycles. The van der Waals surface area contributed by atoms with Crippen LogP contribution in [0.3, 0.4) is 0 Å². The van der Waals surface area contributed by atoms with E-state index < -0.39 is 0 Å². The van der Waals surface area contributed by atoms with E-state index in [-0.39, 0.29) is 0 Å². The third-order valence-electron chi connectivity index (χ3n) is 5.42. The van der Waals surface area contributed by atoms with Crippen LogP contribution < -0.4 is 10.6 Å². The molecule has 152 valence electrons. The minimum Gasteiger partial charge on any atom is -0.356 e. The molecule has 0 spiro atoms. The van der Waals surface area contributed by atoms with Gasteiger partial charge in [0.2, 0.25) is 0 Å². The molecule has 1 fully saturated rings. The molecule has 1 heterocycles. The Morgan fingerprint density at radius 2 is 1.78 bits per heavy atom. The zero-order valence-corrected chi connectivity index (χ0v) is 17.6. The van der Waals surface area contributed by atoms with Crippen molar-refractivity contribution in [3.8, 4) is 0 Å². The topological polar surface area (TPSA) is 42.9 Å². The van der Waals surface area contributed by atoms with E-state index in [1.165, 1.54) is 57.7 Å². The monoisotopic (exact) mass is 373 g/mol. The standard InChI is InChI=1S/C22H39N5/c1-4-26-16-18-27(19-17-26)15-9-8-14-24-22(23-3)25-20(2)12-13-21-10-6-5-7-11-21/h5-7,10-11,20H,4,8-9,12-19H2,1-3H3,(H2,23,24,25). The number of rotatable bonds is 10. The van der Waals surface area contributed by atoms with Crippen LogP contribution in [0.15, 0.2) is 35.3 Å². The van der Waals surface area contributed by atoms with Crippen LogP contribution in [-0.2, 0) is 6.42 Å². The number of hydrogen-bond acceptors (Lipinski definition) is 3. The van der Waals surface area contributed by atoms with Gasteiger partial charge in [0, 0.05) is 45.8 Å². The molecule has 2 N–H and O–H groups in total. The number of unbranched alkanes of at least 4 members (excludes halogenated alkanes) is 1. The van der Waals surface area contributed by atoms with Gasteiger partial charge < -0.3 is 20.4 Å². The van der Waals surface area contributed by atoms with Gasteiger partial charge in [-0.15, -0.1) is 0 Å². The molecule has 0 amide bonds. The van der Waals surface area contributed by atoms with E-state index in [4.69, 9.17) is 0 Å². The third-order valence-corrected chi connectivity index (χ3v) is 5.42. The molecule has 27 heavy (non-hydrogen) atoms. The van der Waals surface area contributed by atoms with Crippen molar-refractivity contribution in [1.82, 2.24) is 20.4 Å². The fourth-order valence-electron chi connectivity index (χ4n) is 3.52. The highest BCUT2D eigenvalue weighted by Gasteiger charge is 2.14. The molecule has 1 saturated heterocycles. The van der Waals surface area contributed by atoms with Gasteiger partial charge in [0.15, 0.2) is 5.96 Å². The van der Waals surface area contributed by atoms with E-state index in [0.717, 1.165) is 25.3 Å². The number of aliphatic imine (C=N–C) groups is 1. The maximum absolute atomic E-state index is 4.37. The Bertz CT molecular complexity index is 523. The predicted octanol–water partition coefficient (Wildman–Crippen LogP) is 2.59. The van der Waals surface area contributed by atoms with E-state index in [1.807, 2.05) is 7.05 Å². The molecular weight excluding hydrogens is 334 g/mol. The van der Waals surface area contributed by atoms with Crippen LogP contribution in [0.2, 0.25) is 0 Å². The Morgan fingerprint density at radius 1 is 1.07 bits per heavy atom. The smallest absolute Gasteiger partial charge is 0.191 e. The normalized spacial score (nSPS) is 17.7. The van der Waals surface area contributed by atoms with Crippen molar-refractivity contribution in [1.29, 1.82) is 0 Å². The highest BCUT2D eigenvalue weighted by atomic mass is 15.3. The van der Waals surface area contributed by atoms with Crippen LogP contribution in [0, 0.1) is 0 Å². The van der Waals surface area contributed by atoms with Crippen molar-refractivity contribution in [2.75, 3.05) is 52.9 Å². The highest BCUT2D eigenvalue weighted by Crippen LogP contribution is 2.05. The van der Waals surface area contributed by atoms with E-state index in [1.54, 1.807) is 0 Å². The van der Waals surface area contributed by atoms with Gasteiger partial charge in [0.05, 0.1) is 0 Å². The summed E-state index contributed by atoms with van der Waals surface area (Å²) in [5, 5.41) is 6.98. The SMILES string of the molecule is CCN1CCN(CCCCNC(=NC)NC(C)CCc2ccccc2)CC1. The Balaban J connectivity index is 1.53. The summed E-state index contributed by atoms with van der Waals surface area (Å²) in [5.41, 5.74) is 1.40. The summed E-state index contributed by atoms with van der Waals surface area (Å²) in [5.74, 6) is 0.923. The Hall–Kier alpha value is -1.59. The van der Waals surface area contributed by atoms with Gasteiger partial charge in [-0.25, -0.2) is 0 Å². The number of nitrogens with zero attached hydrogens (tertiary/aromatic N) is 3. The van der Waals surface area contributed by atoms with Crippen LogP contribution in [0.25, 0.3) is 0 Å². The molecule has 1 aliphatic rings. The zero-order valence-electron chi connectivity index (χ0n) is 17.6. The van der Waals surface area contributed by atoms with Crippen molar-refractivity contribution in [3.63, 3.8) is 0 Å². The van der Waals surface area contributed by atoms with Gasteiger partial charge >= 0.3 is 0 Å². The first kappa shape index (κ1) is 21.7. The Kier molecular flexibility index (Phi) is 10.2. The average molecular weight is 374 g/mol. The summed E-state index contributed by atoms with van der Waals surface area (Å²) in [4.78, 5) is 9.50. The molecule has 5 nitrogen and oxygen atoms in total. The van der Waals surface area contributed by atoms with Crippen molar-refractivity contribution < 1.29 is 0 Å². The quantitative estimate of drug-likeness (QED) is 0.376. The summed E-state index contributed by atoms with van der Waals surface area (Å²) in [6, 6.07) is 11.1. The number of nitrogens with one attached hydrogen (secondary N) is 2. The number of guanidine groups is 1. The first-order valence-electron chi connectivity index (χ1n) is 10.7. The van der Waals surface area contributed by atoms with Gasteiger partial charge in [-0.1, -0.05) is 37.3 Å². The summed E-state index contributed by atoms with van der Waals surface area (Å²) in [6.45, 7) is 12.8. The second kappa shape index (κ2) is 12.7. The molecule has 0 aliphatic carbocycles. The number of likely N-dealkylation sites (N-methyl/N-ethyl adjacent to an activating group) is 1. The van der Waals surface area contributed by atoms with Crippen LogP contribution >= 0.6 is 0 Å². The number of benzene rings is 1. The Morgan fingerprint density at radius 3 is 2.44 bits per heavy atom. The van der Waals surface area contributed by atoms with Gasteiger partial charge in [-0.05, 0) is 51.3 Å². The number of hydrogen-bond donors (Lipinski definition) is 2. The fourth-order valence-corrected chi connectivity index (χ4v) is 3.52. The molecule has 0 saturated carbocycles. The molecule has 1 atom stereocenters. The molecule has 1 unspecified atom stereocenters. The van der Waals surface area contributed by atoms with E-state index in [9.17, 15) is 0 Å². The van der Waals surface area contributed by atoms with Crippen LogP contribution in [0.4, 0.5) is 0 Å². The summed E-state index contributed by atoms with van der Waals surface area (Å²) < 4.78 is 0. The van der Waals surface area contributed by atoms with Crippen LogP contribution in [0.1, 0.15) is 38.7 Å². The maximum Gasteiger partial charge on any atom is 0.191 e. The fraction of sp³-hybridized carbons (Fsp3) is 0.682. The van der Waals surface area contributed by atoms with Gasteiger partial charge in [-0.3, -0.25) is 4.99 Å². The second-order valence-electron chi connectivity index (χ2n) is 7.55. The predicted molar refractivity (Wildman–Crippen MR) is 117 cm³/mol. The summed E-state index contributed by atoms with van der Waals surface area (Å²) in [7, 11) is 1.85. The largest absolute Gasteiger partial charge is 0.356 e. The lowest BCUT2D eigenvalue weighted by atomic mass is 10.1. The molecule has 0 bridgehead atoms. The molecule has 0 radical (unpaired) electrons. The highest BCUT2D eigenvalue weighted by molar-refractivity contribution is 5.79. The summed E-state index contributed by atoms with van der Waals surface area (Å²) >= 11 is 0. The molecule has 0 aromatic heterocycles. The van der Waals surface area contributed by atoms with Crippen molar-refractivity contribution >= 4 is 5.96 Å². The maximum atomic E-state index is 4.37. The number of piperazine rings is 1. The molecule has 5 heteroatoms.